The fourth-order valence-corrected chi connectivity index (χ4v) is 0.565. The van der Waals surface area contributed by atoms with E-state index in [0.29, 0.717) is 0 Å². The van der Waals surface area contributed by atoms with Crippen LogP contribution in [0.3, 0.4) is 0 Å². The van der Waals surface area contributed by atoms with Crippen molar-refractivity contribution in [2.24, 2.45) is 0 Å². The molecule has 0 aromatic rings. The van der Waals surface area contributed by atoms with Crippen LogP contribution in [0.1, 0.15) is 1.43 Å². The summed E-state index contributed by atoms with van der Waals surface area (Å²) in [6.45, 7) is 0. The molecule has 40 valence electrons. The Morgan fingerprint density at radius 1 is 2.00 bits per heavy atom. The molecule has 0 amide bonds. The molecule has 0 fully saturated rings. The van der Waals surface area contributed by atoms with Gasteiger partial charge in [0.2, 0.25) is 0 Å². The van der Waals surface area contributed by atoms with Crippen LogP contribution in [0.5, 0.6) is 0 Å². The van der Waals surface area contributed by atoms with Gasteiger partial charge in [0.25, 0.3) is 0 Å². The van der Waals surface area contributed by atoms with E-state index in [4.69, 9.17) is 11.6 Å². The van der Waals surface area contributed by atoms with Crippen LogP contribution >= 0.6 is 11.6 Å². The monoisotopic (exact) mass is 152 g/mol. The van der Waals surface area contributed by atoms with Crippen molar-refractivity contribution < 1.29 is 39.4 Å². The summed E-state index contributed by atoms with van der Waals surface area (Å²) < 4.78 is 14.1. The van der Waals surface area contributed by atoms with Gasteiger partial charge in [0, 0.05) is 6.26 Å². The molecule has 5 heteroatoms. The Kier molecular flexibility index (Phi) is 11.9. The summed E-state index contributed by atoms with van der Waals surface area (Å²) in [5.74, 6) is 0. The maximum Gasteiger partial charge on any atom is 1.00 e. The van der Waals surface area contributed by atoms with Crippen LogP contribution in [0.4, 0.5) is 0 Å². The zero-order chi connectivity index (χ0) is 4.99. The van der Waals surface area contributed by atoms with E-state index < -0.39 is 11.1 Å². The van der Waals surface area contributed by atoms with Crippen LogP contribution in [-0.4, -0.2) is 16.5 Å². The van der Waals surface area contributed by atoms with Crippen molar-refractivity contribution in [3.63, 3.8) is 0 Å². The van der Waals surface area contributed by atoms with Crippen LogP contribution < -0.4 is 29.6 Å². The van der Waals surface area contributed by atoms with Gasteiger partial charge in [-0.05, 0) is 0 Å². The van der Waals surface area contributed by atoms with Crippen molar-refractivity contribution in [3.8, 4) is 0 Å². The first-order chi connectivity index (χ1) is 2.77. The number of hydrogen-bond acceptors (Lipinski definition) is 2. The number of halogens is 1. The molecule has 0 aromatic heterocycles. The summed E-state index contributed by atoms with van der Waals surface area (Å²) in [4.78, 5) is 0. The van der Waals surface area contributed by atoms with Crippen LogP contribution in [0.15, 0.2) is 0 Å². The molecule has 0 aliphatic carbocycles. The van der Waals surface area contributed by atoms with E-state index in [1.165, 1.54) is 6.26 Å². The molecule has 0 spiro atoms. The minimum Gasteiger partial charge on any atom is -1.00 e. The van der Waals surface area contributed by atoms with E-state index in [1.54, 1.807) is 0 Å². The van der Waals surface area contributed by atoms with Crippen molar-refractivity contribution in [2.75, 3.05) is 12.3 Å². The smallest absolute Gasteiger partial charge is 1.00 e. The number of rotatable bonds is 2. The predicted molar refractivity (Wildman–Crippen MR) is 27.0 cm³/mol. The van der Waals surface area contributed by atoms with Crippen LogP contribution in [-0.2, 0) is 15.3 Å². The van der Waals surface area contributed by atoms with E-state index in [0.717, 1.165) is 0 Å². The normalized spacial score (nSPS) is 12.3. The SMILES string of the molecule is CS(=O)OCCl.[H-].[Na+]. The Hall–Kier alpha value is 1.40. The van der Waals surface area contributed by atoms with Gasteiger partial charge in [-0.25, -0.2) is 4.21 Å². The summed E-state index contributed by atoms with van der Waals surface area (Å²) in [6.07, 6.45) is 1.42. The summed E-state index contributed by atoms with van der Waals surface area (Å²) in [5.41, 5.74) is 0. The minimum atomic E-state index is -1.20. The Bertz CT molecular complexity index is 64.0. The van der Waals surface area contributed by atoms with Gasteiger partial charge in [-0.15, -0.1) is 0 Å². The average Bonchev–Trinajstić information content (AvgIpc) is 1.35. The molecule has 0 saturated heterocycles. The molecule has 0 heterocycles. The van der Waals surface area contributed by atoms with Crippen LogP contribution in [0.25, 0.3) is 0 Å². The molecule has 1 atom stereocenters. The van der Waals surface area contributed by atoms with E-state index in [1.807, 2.05) is 0 Å². The van der Waals surface area contributed by atoms with Gasteiger partial charge in [-0.3, -0.25) is 4.18 Å². The molecule has 0 bridgehead atoms. The molecule has 0 radical (unpaired) electrons. The summed E-state index contributed by atoms with van der Waals surface area (Å²) >= 11 is 3.78. The first-order valence-electron chi connectivity index (χ1n) is 1.30. The molecule has 2 nitrogen and oxygen atoms in total. The molecule has 7 heavy (non-hydrogen) atoms. The van der Waals surface area contributed by atoms with Gasteiger partial charge in [0.15, 0.2) is 11.1 Å². The van der Waals surface area contributed by atoms with Crippen LogP contribution in [0.2, 0.25) is 0 Å². The Morgan fingerprint density at radius 2 is 2.43 bits per heavy atom. The van der Waals surface area contributed by atoms with Crippen molar-refractivity contribution in [3.05, 3.63) is 0 Å². The zero-order valence-electron chi connectivity index (χ0n) is 5.31. The molecule has 0 aromatic carbocycles. The van der Waals surface area contributed by atoms with Crippen LogP contribution in [0, 0.1) is 0 Å². The molecule has 0 aliphatic rings. The standard InChI is InChI=1S/C2H5ClO2S.Na.H/c1-6(4)5-2-3;;/h2H2,1H3;;/q;+1;-1. The van der Waals surface area contributed by atoms with E-state index in [9.17, 15) is 4.21 Å². The molecule has 1 unspecified atom stereocenters. The minimum absolute atomic E-state index is 0. The van der Waals surface area contributed by atoms with Gasteiger partial charge in [-0.2, -0.15) is 0 Å². The summed E-state index contributed by atoms with van der Waals surface area (Å²) in [7, 11) is 0. The topological polar surface area (TPSA) is 26.3 Å². The van der Waals surface area contributed by atoms with Crippen molar-refractivity contribution in [1.29, 1.82) is 0 Å². The van der Waals surface area contributed by atoms with Gasteiger partial charge in [-0.1, -0.05) is 11.6 Å². The largest absolute Gasteiger partial charge is 1.00 e. The fraction of sp³-hybridized carbons (Fsp3) is 1.00. The fourth-order valence-electron chi connectivity index (χ4n) is 0.0627. The zero-order valence-corrected chi connectivity index (χ0v) is 7.88. The average molecular weight is 153 g/mol. The maximum atomic E-state index is 9.85. The molecule has 0 N–H and O–H groups in total. The van der Waals surface area contributed by atoms with Crippen molar-refractivity contribution >= 4 is 22.7 Å². The predicted octanol–water partition coefficient (Wildman–Crippen LogP) is -2.39. The second-order valence-corrected chi connectivity index (χ2v) is 1.89. The third kappa shape index (κ3) is 11.1. The summed E-state index contributed by atoms with van der Waals surface area (Å²) in [5, 5.41) is 0. The van der Waals surface area contributed by atoms with Gasteiger partial charge in [0.1, 0.15) is 6.07 Å². The van der Waals surface area contributed by atoms with Gasteiger partial charge >= 0.3 is 29.6 Å². The first kappa shape index (κ1) is 11.2. The van der Waals surface area contributed by atoms with Crippen molar-refractivity contribution in [2.45, 2.75) is 0 Å². The quantitative estimate of drug-likeness (QED) is 0.326. The third-order valence-electron chi connectivity index (χ3n) is 0.211. The van der Waals surface area contributed by atoms with Crippen molar-refractivity contribution in [1.82, 2.24) is 0 Å². The van der Waals surface area contributed by atoms with E-state index >= 15 is 0 Å². The second-order valence-electron chi connectivity index (χ2n) is 0.628. The molecule has 0 aliphatic heterocycles. The first-order valence-corrected chi connectivity index (χ1v) is 3.32. The number of alkyl halides is 1. The maximum absolute atomic E-state index is 9.85. The van der Waals surface area contributed by atoms with Gasteiger partial charge < -0.3 is 1.43 Å². The Morgan fingerprint density at radius 3 is 2.43 bits per heavy atom. The third-order valence-corrected chi connectivity index (χ3v) is 0.899. The number of hydrogen-bond donors (Lipinski definition) is 0. The molecular weight excluding hydrogens is 147 g/mol. The molecule has 0 saturated carbocycles. The Labute approximate surface area is 74.0 Å². The Balaban J connectivity index is -0.000000125. The molecule has 0 rings (SSSR count). The summed E-state index contributed by atoms with van der Waals surface area (Å²) in [6, 6.07) is 0.00309. The van der Waals surface area contributed by atoms with Gasteiger partial charge in [0.05, 0.1) is 0 Å². The second kappa shape index (κ2) is 7.40. The van der Waals surface area contributed by atoms with E-state index in [-0.39, 0.29) is 37.0 Å². The van der Waals surface area contributed by atoms with E-state index in [2.05, 4.69) is 4.18 Å². The molecular formula is C2H6ClNaO2S.